The van der Waals surface area contributed by atoms with Gasteiger partial charge in [0.25, 0.3) is 0 Å². The number of aromatic nitrogens is 4. The number of imidazole rings is 1. The summed E-state index contributed by atoms with van der Waals surface area (Å²) >= 11 is 0. The van der Waals surface area contributed by atoms with Crippen LogP contribution in [0.2, 0.25) is 0 Å². The molecule has 0 saturated carbocycles. The Morgan fingerprint density at radius 2 is 1.78 bits per heavy atom. The predicted molar refractivity (Wildman–Crippen MR) is 143 cm³/mol. The van der Waals surface area contributed by atoms with Crippen LogP contribution >= 0.6 is 0 Å². The molecule has 0 aliphatic heterocycles. The summed E-state index contributed by atoms with van der Waals surface area (Å²) in [4.78, 5) is 22.2. The Bertz CT molecular complexity index is 2230. The van der Waals surface area contributed by atoms with Crippen LogP contribution in [0.1, 0.15) is 27.6 Å². The first-order chi connectivity index (χ1) is 19.9. The Kier molecular flexibility index (Phi) is 3.51. The van der Waals surface area contributed by atoms with Gasteiger partial charge in [-0.15, -0.1) is 0 Å². The van der Waals surface area contributed by atoms with Gasteiger partial charge in [-0.05, 0) is 61.3 Å². The lowest BCUT2D eigenvalue weighted by atomic mass is 9.86. The Morgan fingerprint density at radius 3 is 2.56 bits per heavy atom. The molecule has 0 aliphatic carbocycles. The Morgan fingerprint density at radius 1 is 1.00 bits per heavy atom. The zero-order valence-corrected chi connectivity index (χ0v) is 19.8. The number of benzene rings is 3. The van der Waals surface area contributed by atoms with Crippen LogP contribution in [-0.2, 0) is 12.5 Å². The van der Waals surface area contributed by atoms with E-state index in [1.54, 1.807) is 48.1 Å². The van der Waals surface area contributed by atoms with Gasteiger partial charge in [0.2, 0.25) is 0 Å². The van der Waals surface area contributed by atoms with E-state index in [1.165, 1.54) is 4.57 Å². The maximum Gasteiger partial charge on any atom is 0.333 e. The summed E-state index contributed by atoms with van der Waals surface area (Å²) in [5.41, 5.74) is 2.47. The van der Waals surface area contributed by atoms with Crippen molar-refractivity contribution in [1.82, 2.24) is 19.1 Å². The molecule has 0 unspecified atom stereocenters. The van der Waals surface area contributed by atoms with E-state index in [9.17, 15) is 10.1 Å². The molecule has 0 fully saturated rings. The Labute approximate surface area is 216 Å². The molecule has 0 N–H and O–H groups in total. The number of nitriles is 1. The predicted octanol–water partition coefficient (Wildman–Crippen LogP) is 5.89. The van der Waals surface area contributed by atoms with Gasteiger partial charge in [0.1, 0.15) is 0 Å². The number of hydrogen-bond acceptors (Lipinski definition) is 4. The fourth-order valence-corrected chi connectivity index (χ4v) is 4.37. The molecule has 0 saturated heterocycles. The summed E-state index contributed by atoms with van der Waals surface area (Å²) in [6.45, 7) is 3.64. The number of fused-ring (bicyclic) bond motifs is 4. The van der Waals surface area contributed by atoms with E-state index in [2.05, 4.69) is 16.0 Å². The van der Waals surface area contributed by atoms with E-state index in [4.69, 9.17) is 8.22 Å². The van der Waals surface area contributed by atoms with Crippen LogP contribution in [0.15, 0.2) is 89.8 Å². The third-order valence-electron chi connectivity index (χ3n) is 6.50. The Hall–Kier alpha value is -4.76. The highest BCUT2D eigenvalue weighted by Crippen LogP contribution is 2.31. The second-order valence-electron chi connectivity index (χ2n) is 9.13. The summed E-state index contributed by atoms with van der Waals surface area (Å²) in [6, 6.07) is 12.6. The smallest absolute Gasteiger partial charge is 0.293 e. The third-order valence-corrected chi connectivity index (χ3v) is 6.50. The molecule has 3 heterocycles. The maximum absolute atomic E-state index is 13.5. The van der Waals surface area contributed by atoms with Crippen molar-refractivity contribution in [3.63, 3.8) is 0 Å². The first-order valence-corrected chi connectivity index (χ1v) is 11.3. The first kappa shape index (κ1) is 16.0. The van der Waals surface area contributed by atoms with Crippen LogP contribution in [0.4, 0.5) is 0 Å². The van der Waals surface area contributed by atoms with E-state index in [-0.39, 0.29) is 34.4 Å². The number of para-hydroxylation sites is 1. The van der Waals surface area contributed by atoms with Crippen LogP contribution in [0.25, 0.3) is 49.7 Å². The van der Waals surface area contributed by atoms with Crippen LogP contribution in [0.3, 0.4) is 0 Å². The number of hydrogen-bond donors (Lipinski definition) is 0. The SMILES string of the molecule is [2H]c1nc2c([2H])c([2H])c([2H])c([2H])c2c([2H])c1-c1ccc2ncc3c(c2c1)n(-c1ccc(C(C)(C)C#N)cc1)c(=O)n3C. The highest BCUT2D eigenvalue weighted by molar-refractivity contribution is 6.04. The monoisotopic (exact) mass is 475 g/mol. The molecule has 6 aromatic rings. The third kappa shape index (κ3) is 3.29. The highest BCUT2D eigenvalue weighted by Gasteiger charge is 2.21. The second kappa shape index (κ2) is 7.89. The molecule has 0 bridgehead atoms. The van der Waals surface area contributed by atoms with Gasteiger partial charge in [-0.1, -0.05) is 36.3 Å². The summed E-state index contributed by atoms with van der Waals surface area (Å²) < 4.78 is 53.1. The Balaban J connectivity index is 1.65. The van der Waals surface area contributed by atoms with Crippen molar-refractivity contribution in [2.75, 3.05) is 0 Å². The number of pyridine rings is 2. The van der Waals surface area contributed by atoms with Gasteiger partial charge in [-0.2, -0.15) is 5.26 Å². The lowest BCUT2D eigenvalue weighted by Crippen LogP contribution is -2.21. The minimum Gasteiger partial charge on any atom is -0.293 e. The number of rotatable bonds is 3. The number of aryl methyl sites for hydroxylation is 1. The standard InChI is InChI=1S/C30H23N5O/c1-30(2,18-31)22-9-11-23(12-10-22)35-28-24-15-19(21-14-20-6-4-5-7-25(20)32-16-21)8-13-26(24)33-17-27(28)34(3)29(35)36/h4-17H,1-3H3/i4D,5D,6D,7D,14D,16D. The van der Waals surface area contributed by atoms with Gasteiger partial charge >= 0.3 is 5.69 Å². The largest absolute Gasteiger partial charge is 0.333 e. The highest BCUT2D eigenvalue weighted by atomic mass is 16.1. The molecule has 6 rings (SSSR count). The van der Waals surface area contributed by atoms with Crippen LogP contribution in [0, 0.1) is 11.3 Å². The fourth-order valence-electron chi connectivity index (χ4n) is 4.37. The summed E-state index contributed by atoms with van der Waals surface area (Å²) in [5.74, 6) is 0. The molecule has 36 heavy (non-hydrogen) atoms. The topological polar surface area (TPSA) is 76.5 Å². The summed E-state index contributed by atoms with van der Waals surface area (Å²) in [7, 11) is 1.65. The maximum atomic E-state index is 13.5. The molecule has 0 spiro atoms. The quantitative estimate of drug-likeness (QED) is 0.320. The van der Waals surface area contributed by atoms with Crippen molar-refractivity contribution in [2.45, 2.75) is 19.3 Å². The van der Waals surface area contributed by atoms with Gasteiger partial charge in [-0.25, -0.2) is 4.79 Å². The minimum atomic E-state index is -0.702. The minimum absolute atomic E-state index is 0.0690. The average molecular weight is 476 g/mol. The van der Waals surface area contributed by atoms with Gasteiger partial charge < -0.3 is 0 Å². The fraction of sp³-hybridized carbons (Fsp3) is 0.133. The van der Waals surface area contributed by atoms with E-state index in [0.717, 1.165) is 5.56 Å². The zero-order chi connectivity index (χ0) is 30.2. The average Bonchev–Trinajstić information content (AvgIpc) is 3.24. The number of nitrogens with zero attached hydrogens (tertiary/aromatic N) is 5. The van der Waals surface area contributed by atoms with Gasteiger partial charge in [-0.3, -0.25) is 19.1 Å². The lowest BCUT2D eigenvalue weighted by Gasteiger charge is -2.16. The van der Waals surface area contributed by atoms with Gasteiger partial charge in [0.15, 0.2) is 0 Å². The molecule has 0 amide bonds. The van der Waals surface area contributed by atoms with Crippen LogP contribution < -0.4 is 5.69 Å². The van der Waals surface area contributed by atoms with E-state index >= 15 is 0 Å². The molecule has 3 aromatic heterocycles. The molecule has 0 aliphatic rings. The molecule has 6 heteroatoms. The molecule has 6 nitrogen and oxygen atoms in total. The van der Waals surface area contributed by atoms with Gasteiger partial charge in [0, 0.05) is 29.6 Å². The normalized spacial score (nSPS) is 14.2. The first-order valence-electron chi connectivity index (χ1n) is 14.3. The van der Waals surface area contributed by atoms with Crippen molar-refractivity contribution in [1.29, 1.82) is 5.26 Å². The second-order valence-corrected chi connectivity index (χ2v) is 9.13. The van der Waals surface area contributed by atoms with Crippen LogP contribution in [-0.4, -0.2) is 19.1 Å². The van der Waals surface area contributed by atoms with E-state index in [0.29, 0.717) is 33.2 Å². The molecule has 174 valence electrons. The van der Waals surface area contributed by atoms with E-state index in [1.807, 2.05) is 26.0 Å². The van der Waals surface area contributed by atoms with Crippen molar-refractivity contribution in [3.8, 4) is 22.9 Å². The lowest BCUT2D eigenvalue weighted by molar-refractivity contribution is 0.686. The van der Waals surface area contributed by atoms with Crippen molar-refractivity contribution >= 4 is 32.8 Å². The van der Waals surface area contributed by atoms with Gasteiger partial charge in [0.05, 0.1) is 53.7 Å². The van der Waals surface area contributed by atoms with Crippen molar-refractivity contribution in [2.24, 2.45) is 7.05 Å². The summed E-state index contributed by atoms with van der Waals surface area (Å²) in [5, 5.41) is 10.0. The van der Waals surface area contributed by atoms with E-state index < -0.39 is 29.6 Å². The molecule has 0 radical (unpaired) electrons. The van der Waals surface area contributed by atoms with Crippen LogP contribution in [0.5, 0.6) is 0 Å². The summed E-state index contributed by atoms with van der Waals surface area (Å²) in [6.07, 6.45) is 1.31. The molecular weight excluding hydrogens is 446 g/mol. The molecule has 3 aromatic carbocycles. The van der Waals surface area contributed by atoms with Crippen molar-refractivity contribution in [3.05, 3.63) is 101 Å². The van der Waals surface area contributed by atoms with Crippen molar-refractivity contribution < 1.29 is 8.22 Å². The molecule has 0 atom stereocenters. The molecular formula is C30H23N5O. The zero-order valence-electron chi connectivity index (χ0n) is 25.8.